The van der Waals surface area contributed by atoms with Gasteiger partial charge in [0.25, 0.3) is 0 Å². The average Bonchev–Trinajstić information content (AvgIpc) is 2.27. The van der Waals surface area contributed by atoms with Crippen molar-refractivity contribution in [2.24, 2.45) is 0 Å². The summed E-state index contributed by atoms with van der Waals surface area (Å²) in [5.41, 5.74) is 2.92. The molecule has 1 heterocycles. The Morgan fingerprint density at radius 1 is 1.35 bits per heavy atom. The van der Waals surface area contributed by atoms with Crippen LogP contribution in [0, 0.1) is 0 Å². The highest BCUT2D eigenvalue weighted by Crippen LogP contribution is 2.32. The highest BCUT2D eigenvalue weighted by Gasteiger charge is 2.21. The Morgan fingerprint density at radius 3 is 2.65 bits per heavy atom. The first-order valence-corrected chi connectivity index (χ1v) is 5.69. The third kappa shape index (κ3) is 2.16. The Balaban J connectivity index is 2.59. The Bertz CT molecular complexity index is 492. The number of hydrogen-bond donors (Lipinski definition) is 2. The largest absolute Gasteiger partial charge is 0.478 e. The first-order chi connectivity index (χ1) is 7.99. The van der Waals surface area contributed by atoms with Crippen LogP contribution in [0.3, 0.4) is 0 Å². The summed E-state index contributed by atoms with van der Waals surface area (Å²) >= 11 is 0. The zero-order valence-corrected chi connectivity index (χ0v) is 9.91. The van der Waals surface area contributed by atoms with Crippen molar-refractivity contribution in [2.75, 3.05) is 5.32 Å². The van der Waals surface area contributed by atoms with Gasteiger partial charge in [-0.15, -0.1) is 0 Å². The molecule has 0 atom stereocenters. The van der Waals surface area contributed by atoms with Crippen LogP contribution < -0.4 is 5.32 Å². The van der Waals surface area contributed by atoms with Crippen LogP contribution in [0.1, 0.15) is 47.7 Å². The van der Waals surface area contributed by atoms with E-state index in [0.29, 0.717) is 18.4 Å². The predicted molar refractivity (Wildman–Crippen MR) is 64.4 cm³/mol. The van der Waals surface area contributed by atoms with Crippen LogP contribution in [0.4, 0.5) is 5.69 Å². The molecule has 1 aliphatic rings. The molecule has 1 aliphatic heterocycles. The zero-order valence-electron chi connectivity index (χ0n) is 9.91. The zero-order chi connectivity index (χ0) is 12.6. The summed E-state index contributed by atoms with van der Waals surface area (Å²) in [4.78, 5) is 22.4. The number of carbonyl (C=O) groups excluding carboxylic acids is 1. The summed E-state index contributed by atoms with van der Waals surface area (Å²) in [6.45, 7) is 3.98. The maximum Gasteiger partial charge on any atom is 0.335 e. The van der Waals surface area contributed by atoms with E-state index < -0.39 is 5.97 Å². The number of fused-ring (bicyclic) bond motifs is 1. The molecule has 0 spiro atoms. The second-order valence-corrected chi connectivity index (χ2v) is 4.61. The fourth-order valence-electron chi connectivity index (χ4n) is 2.11. The number of hydrogen-bond acceptors (Lipinski definition) is 2. The molecule has 0 saturated carbocycles. The number of aromatic carboxylic acids is 1. The number of carboxylic acid groups (broad SMARTS) is 1. The first kappa shape index (κ1) is 11.6. The standard InChI is InChI=1S/C13H15NO3/c1-7(2)10-6-9(13(16)17)5-8-3-4-11(15)14-12(8)10/h5-7H,3-4H2,1-2H3,(H,14,15)(H,16,17). The van der Waals surface area contributed by atoms with E-state index in [1.54, 1.807) is 12.1 Å². The Labute approximate surface area is 99.6 Å². The van der Waals surface area contributed by atoms with E-state index in [1.807, 2.05) is 13.8 Å². The van der Waals surface area contributed by atoms with E-state index in [9.17, 15) is 9.59 Å². The quantitative estimate of drug-likeness (QED) is 0.824. The third-order valence-corrected chi connectivity index (χ3v) is 3.01. The van der Waals surface area contributed by atoms with Gasteiger partial charge >= 0.3 is 5.97 Å². The lowest BCUT2D eigenvalue weighted by Crippen LogP contribution is -2.21. The predicted octanol–water partition coefficient (Wildman–Crippen LogP) is 2.39. The smallest absolute Gasteiger partial charge is 0.335 e. The Morgan fingerprint density at radius 2 is 2.06 bits per heavy atom. The topological polar surface area (TPSA) is 66.4 Å². The molecule has 4 nitrogen and oxygen atoms in total. The average molecular weight is 233 g/mol. The molecule has 1 aromatic carbocycles. The third-order valence-electron chi connectivity index (χ3n) is 3.01. The molecule has 1 amide bonds. The van der Waals surface area contributed by atoms with E-state index in [4.69, 9.17) is 5.11 Å². The molecule has 0 fully saturated rings. The van der Waals surface area contributed by atoms with Crippen molar-refractivity contribution in [3.63, 3.8) is 0 Å². The van der Waals surface area contributed by atoms with Crippen LogP contribution in [0.25, 0.3) is 0 Å². The normalized spacial score (nSPS) is 14.4. The molecule has 17 heavy (non-hydrogen) atoms. The lowest BCUT2D eigenvalue weighted by atomic mass is 9.91. The van der Waals surface area contributed by atoms with Gasteiger partial charge in [0.05, 0.1) is 5.56 Å². The minimum atomic E-state index is -0.924. The monoisotopic (exact) mass is 233 g/mol. The van der Waals surface area contributed by atoms with Crippen molar-refractivity contribution >= 4 is 17.6 Å². The molecule has 2 rings (SSSR count). The van der Waals surface area contributed by atoms with Crippen LogP contribution >= 0.6 is 0 Å². The van der Waals surface area contributed by atoms with Crippen molar-refractivity contribution in [1.29, 1.82) is 0 Å². The minimum absolute atomic E-state index is 0.00229. The van der Waals surface area contributed by atoms with Gasteiger partial charge in [0.2, 0.25) is 5.91 Å². The molecule has 90 valence electrons. The van der Waals surface area contributed by atoms with Crippen molar-refractivity contribution in [3.05, 3.63) is 28.8 Å². The van der Waals surface area contributed by atoms with Crippen LogP contribution in [-0.2, 0) is 11.2 Å². The molecular weight excluding hydrogens is 218 g/mol. The highest BCUT2D eigenvalue weighted by molar-refractivity contribution is 5.97. The van der Waals surface area contributed by atoms with Gasteiger partial charge < -0.3 is 10.4 Å². The van der Waals surface area contributed by atoms with Gasteiger partial charge in [-0.05, 0) is 35.6 Å². The van der Waals surface area contributed by atoms with E-state index in [1.165, 1.54) is 0 Å². The van der Waals surface area contributed by atoms with E-state index in [0.717, 1.165) is 16.8 Å². The van der Waals surface area contributed by atoms with Gasteiger partial charge in [-0.2, -0.15) is 0 Å². The Hall–Kier alpha value is -1.84. The van der Waals surface area contributed by atoms with E-state index in [2.05, 4.69) is 5.32 Å². The van der Waals surface area contributed by atoms with Crippen molar-refractivity contribution in [1.82, 2.24) is 0 Å². The minimum Gasteiger partial charge on any atom is -0.478 e. The van der Waals surface area contributed by atoms with Gasteiger partial charge in [0.1, 0.15) is 0 Å². The maximum absolute atomic E-state index is 11.4. The molecule has 2 N–H and O–H groups in total. The van der Waals surface area contributed by atoms with Crippen LogP contribution in [0.5, 0.6) is 0 Å². The molecule has 4 heteroatoms. The maximum atomic E-state index is 11.4. The lowest BCUT2D eigenvalue weighted by molar-refractivity contribution is -0.116. The molecular formula is C13H15NO3. The second-order valence-electron chi connectivity index (χ2n) is 4.61. The van der Waals surface area contributed by atoms with Crippen LogP contribution in [0.15, 0.2) is 12.1 Å². The fourth-order valence-corrected chi connectivity index (χ4v) is 2.11. The molecule has 0 aromatic heterocycles. The van der Waals surface area contributed by atoms with Crippen molar-refractivity contribution in [2.45, 2.75) is 32.6 Å². The molecule has 0 unspecified atom stereocenters. The summed E-state index contributed by atoms with van der Waals surface area (Å²) in [6, 6.07) is 3.31. The van der Waals surface area contributed by atoms with Crippen molar-refractivity contribution in [3.8, 4) is 0 Å². The molecule has 0 saturated heterocycles. The van der Waals surface area contributed by atoms with Crippen molar-refractivity contribution < 1.29 is 14.7 Å². The number of amides is 1. The number of carbonyl (C=O) groups is 2. The number of anilines is 1. The molecule has 1 aromatic rings. The molecule has 0 radical (unpaired) electrons. The number of rotatable bonds is 2. The van der Waals surface area contributed by atoms with Gasteiger partial charge in [0.15, 0.2) is 0 Å². The summed E-state index contributed by atoms with van der Waals surface area (Å²) in [5.74, 6) is -0.740. The fraction of sp³-hybridized carbons (Fsp3) is 0.385. The molecule has 0 aliphatic carbocycles. The lowest BCUT2D eigenvalue weighted by Gasteiger charge is -2.22. The first-order valence-electron chi connectivity index (χ1n) is 5.69. The number of carboxylic acids is 1. The second kappa shape index (κ2) is 4.20. The van der Waals surface area contributed by atoms with Gasteiger partial charge in [0, 0.05) is 12.1 Å². The van der Waals surface area contributed by atoms with Gasteiger partial charge in [-0.3, -0.25) is 4.79 Å². The summed E-state index contributed by atoms with van der Waals surface area (Å²) in [7, 11) is 0. The van der Waals surface area contributed by atoms with E-state index >= 15 is 0 Å². The van der Waals surface area contributed by atoms with Crippen LogP contribution in [-0.4, -0.2) is 17.0 Å². The SMILES string of the molecule is CC(C)c1cc(C(=O)O)cc2c1NC(=O)CC2. The highest BCUT2D eigenvalue weighted by atomic mass is 16.4. The number of nitrogens with one attached hydrogen (secondary N) is 1. The summed E-state index contributed by atoms with van der Waals surface area (Å²) < 4.78 is 0. The van der Waals surface area contributed by atoms with Gasteiger partial charge in [-0.1, -0.05) is 13.8 Å². The Kier molecular flexibility index (Phi) is 2.88. The number of aryl methyl sites for hydroxylation is 1. The van der Waals surface area contributed by atoms with Gasteiger partial charge in [-0.25, -0.2) is 4.79 Å². The molecule has 0 bridgehead atoms. The van der Waals surface area contributed by atoms with Crippen LogP contribution in [0.2, 0.25) is 0 Å². The summed E-state index contributed by atoms with van der Waals surface area (Å²) in [6.07, 6.45) is 1.04. The summed E-state index contributed by atoms with van der Waals surface area (Å²) in [5, 5.41) is 11.9. The number of benzene rings is 1. The van der Waals surface area contributed by atoms with E-state index in [-0.39, 0.29) is 11.8 Å².